The Labute approximate surface area is 195 Å². The van der Waals surface area contributed by atoms with Gasteiger partial charge in [0.05, 0.1) is 36.7 Å². The number of hydrogen-bond donors (Lipinski definition) is 1. The molecule has 0 saturated heterocycles. The normalized spacial score (nSPS) is 10.8. The van der Waals surface area contributed by atoms with Crippen molar-refractivity contribution in [1.29, 1.82) is 0 Å². The van der Waals surface area contributed by atoms with Crippen molar-refractivity contribution in [2.45, 2.75) is 13.0 Å². The van der Waals surface area contributed by atoms with E-state index in [1.807, 2.05) is 0 Å². The number of fused-ring (bicyclic) bond motifs is 1. The zero-order valence-corrected chi connectivity index (χ0v) is 18.8. The van der Waals surface area contributed by atoms with Crippen LogP contribution < -0.4 is 21.3 Å². The van der Waals surface area contributed by atoms with Gasteiger partial charge in [0.2, 0.25) is 5.91 Å². The van der Waals surface area contributed by atoms with E-state index in [0.717, 1.165) is 16.4 Å². The van der Waals surface area contributed by atoms with E-state index in [1.165, 1.54) is 11.7 Å². The van der Waals surface area contributed by atoms with Gasteiger partial charge in [0.1, 0.15) is 12.0 Å². The molecule has 4 rings (SSSR count). The fourth-order valence-electron chi connectivity index (χ4n) is 3.90. The van der Waals surface area contributed by atoms with E-state index >= 15 is 0 Å². The number of carbonyl (C=O) groups excluding carboxylic acids is 2. The van der Waals surface area contributed by atoms with Gasteiger partial charge in [-0.15, -0.1) is 0 Å². The van der Waals surface area contributed by atoms with Gasteiger partial charge in [-0.1, -0.05) is 24.3 Å². The van der Waals surface area contributed by atoms with Crippen molar-refractivity contribution in [2.24, 2.45) is 0 Å². The quantitative estimate of drug-likeness (QED) is 0.430. The number of para-hydroxylation sites is 1. The molecule has 0 aliphatic rings. The highest BCUT2D eigenvalue weighted by Crippen LogP contribution is 2.21. The smallest absolute Gasteiger partial charge is 0.336 e. The Morgan fingerprint density at radius 3 is 2.44 bits per heavy atom. The highest BCUT2D eigenvalue weighted by Gasteiger charge is 2.16. The summed E-state index contributed by atoms with van der Waals surface area (Å²) in [5, 5.41) is 2.94. The number of ether oxygens (including phenoxy) is 1. The first-order valence-corrected chi connectivity index (χ1v) is 10.6. The van der Waals surface area contributed by atoms with Gasteiger partial charge in [-0.3, -0.25) is 19.0 Å². The number of benzene rings is 3. The van der Waals surface area contributed by atoms with E-state index in [0.29, 0.717) is 33.5 Å². The van der Waals surface area contributed by atoms with Crippen molar-refractivity contribution in [3.05, 3.63) is 104 Å². The second-order valence-corrected chi connectivity index (χ2v) is 7.73. The lowest BCUT2D eigenvalue weighted by atomic mass is 10.1. The molecule has 1 N–H and O–H groups in total. The van der Waals surface area contributed by atoms with Gasteiger partial charge < -0.3 is 10.1 Å². The average molecular weight is 457 g/mol. The predicted molar refractivity (Wildman–Crippen MR) is 129 cm³/mol. The number of hydrogen-bond acceptors (Lipinski definition) is 5. The second kappa shape index (κ2) is 9.58. The first kappa shape index (κ1) is 22.7. The molecule has 0 spiro atoms. The standard InChI is InChI=1S/C26H23N3O5/c1-27-24(31)14-17-7-10-20(11-8-17)29-25(32)21-5-3-4-6-22(21)28(26(29)33)15-19-13-18(16-30)9-12-23(19)34-2/h3-13,16H,14-15H2,1-2H3,(H,27,31). The first-order chi connectivity index (χ1) is 16.5. The number of amides is 1. The van der Waals surface area contributed by atoms with E-state index in [2.05, 4.69) is 5.32 Å². The van der Waals surface area contributed by atoms with E-state index in [-0.39, 0.29) is 18.9 Å². The molecule has 0 aliphatic heterocycles. The molecule has 0 aliphatic carbocycles. The largest absolute Gasteiger partial charge is 0.496 e. The molecule has 0 unspecified atom stereocenters. The van der Waals surface area contributed by atoms with Crippen LogP contribution in [0.25, 0.3) is 16.6 Å². The molecule has 8 heteroatoms. The van der Waals surface area contributed by atoms with Crippen molar-refractivity contribution in [3.8, 4) is 11.4 Å². The summed E-state index contributed by atoms with van der Waals surface area (Å²) in [6.07, 6.45) is 0.922. The Morgan fingerprint density at radius 1 is 1.03 bits per heavy atom. The van der Waals surface area contributed by atoms with Crippen molar-refractivity contribution in [2.75, 3.05) is 14.2 Å². The number of likely N-dealkylation sites (N-methyl/N-ethyl adjacent to an activating group) is 1. The summed E-state index contributed by atoms with van der Waals surface area (Å²) in [7, 11) is 3.08. The van der Waals surface area contributed by atoms with Crippen LogP contribution in [-0.4, -0.2) is 35.5 Å². The second-order valence-electron chi connectivity index (χ2n) is 7.73. The van der Waals surface area contributed by atoms with Crippen LogP contribution in [0, 0.1) is 0 Å². The monoisotopic (exact) mass is 457 g/mol. The fourth-order valence-corrected chi connectivity index (χ4v) is 3.90. The maximum Gasteiger partial charge on any atom is 0.336 e. The highest BCUT2D eigenvalue weighted by molar-refractivity contribution is 5.79. The Balaban J connectivity index is 1.90. The van der Waals surface area contributed by atoms with Crippen molar-refractivity contribution in [3.63, 3.8) is 0 Å². The lowest BCUT2D eigenvalue weighted by Gasteiger charge is -2.16. The molecule has 1 aromatic heterocycles. The third-order valence-electron chi connectivity index (χ3n) is 5.66. The number of aromatic nitrogens is 2. The number of nitrogens with one attached hydrogen (secondary N) is 1. The van der Waals surface area contributed by atoms with Crippen LogP contribution in [0.5, 0.6) is 5.75 Å². The zero-order valence-electron chi connectivity index (χ0n) is 18.8. The molecule has 0 saturated carbocycles. The number of carbonyl (C=O) groups is 2. The third-order valence-corrected chi connectivity index (χ3v) is 5.66. The number of methoxy groups -OCH3 is 1. The van der Waals surface area contributed by atoms with Gasteiger partial charge >= 0.3 is 5.69 Å². The minimum absolute atomic E-state index is 0.0965. The summed E-state index contributed by atoms with van der Waals surface area (Å²) in [5.74, 6) is 0.391. The number of nitrogens with zero attached hydrogens (tertiary/aromatic N) is 2. The van der Waals surface area contributed by atoms with E-state index in [4.69, 9.17) is 4.74 Å². The van der Waals surface area contributed by atoms with Gasteiger partial charge in [0.15, 0.2) is 0 Å². The molecule has 0 atom stereocenters. The molecule has 1 amide bonds. The Hall–Kier alpha value is -4.46. The molecule has 0 fully saturated rings. The first-order valence-electron chi connectivity index (χ1n) is 10.6. The molecular formula is C26H23N3O5. The van der Waals surface area contributed by atoms with Crippen molar-refractivity contribution >= 4 is 23.1 Å². The lowest BCUT2D eigenvalue weighted by Crippen LogP contribution is -2.39. The van der Waals surface area contributed by atoms with Crippen LogP contribution in [-0.2, 0) is 17.8 Å². The maximum absolute atomic E-state index is 13.6. The van der Waals surface area contributed by atoms with Crippen molar-refractivity contribution in [1.82, 2.24) is 14.5 Å². The summed E-state index contributed by atoms with van der Waals surface area (Å²) in [6.45, 7) is 0.0965. The summed E-state index contributed by atoms with van der Waals surface area (Å²) in [5.41, 5.74) is 1.74. The molecule has 3 aromatic carbocycles. The van der Waals surface area contributed by atoms with Crippen LogP contribution in [0.4, 0.5) is 0 Å². The summed E-state index contributed by atoms with van der Waals surface area (Å²) >= 11 is 0. The van der Waals surface area contributed by atoms with Gasteiger partial charge in [-0.25, -0.2) is 9.36 Å². The topological polar surface area (TPSA) is 99.4 Å². The Kier molecular flexibility index (Phi) is 6.40. The molecule has 1 heterocycles. The van der Waals surface area contributed by atoms with Crippen LogP contribution in [0.15, 0.2) is 76.3 Å². The van der Waals surface area contributed by atoms with Crippen LogP contribution >= 0.6 is 0 Å². The van der Waals surface area contributed by atoms with Gasteiger partial charge in [-0.05, 0) is 48.0 Å². The minimum atomic E-state index is -0.527. The van der Waals surface area contributed by atoms with Crippen LogP contribution in [0.3, 0.4) is 0 Å². The fraction of sp³-hybridized carbons (Fsp3) is 0.154. The average Bonchev–Trinajstić information content (AvgIpc) is 2.87. The Morgan fingerprint density at radius 2 is 1.76 bits per heavy atom. The van der Waals surface area contributed by atoms with E-state index in [9.17, 15) is 19.2 Å². The zero-order chi connectivity index (χ0) is 24.2. The Bertz CT molecular complexity index is 1500. The summed E-state index contributed by atoms with van der Waals surface area (Å²) in [6, 6.07) is 18.6. The summed E-state index contributed by atoms with van der Waals surface area (Å²) < 4.78 is 8.03. The van der Waals surface area contributed by atoms with Crippen molar-refractivity contribution < 1.29 is 14.3 Å². The minimum Gasteiger partial charge on any atom is -0.496 e. The van der Waals surface area contributed by atoms with Gasteiger partial charge in [-0.2, -0.15) is 0 Å². The van der Waals surface area contributed by atoms with E-state index in [1.54, 1.807) is 73.8 Å². The number of aldehydes is 1. The van der Waals surface area contributed by atoms with Gasteiger partial charge in [0, 0.05) is 18.2 Å². The molecule has 0 radical (unpaired) electrons. The van der Waals surface area contributed by atoms with Crippen LogP contribution in [0.2, 0.25) is 0 Å². The SMILES string of the molecule is CNC(=O)Cc1ccc(-n2c(=O)c3ccccc3n(Cc3cc(C=O)ccc3OC)c2=O)cc1. The van der Waals surface area contributed by atoms with Gasteiger partial charge in [0.25, 0.3) is 5.56 Å². The molecular weight excluding hydrogens is 434 g/mol. The molecule has 34 heavy (non-hydrogen) atoms. The molecule has 8 nitrogen and oxygen atoms in total. The lowest BCUT2D eigenvalue weighted by molar-refractivity contribution is -0.119. The third kappa shape index (κ3) is 4.25. The predicted octanol–water partition coefficient (Wildman–Crippen LogP) is 2.31. The molecule has 172 valence electrons. The molecule has 4 aromatic rings. The molecule has 0 bridgehead atoms. The maximum atomic E-state index is 13.6. The summed E-state index contributed by atoms with van der Waals surface area (Å²) in [4.78, 5) is 49.9. The number of rotatable bonds is 7. The highest BCUT2D eigenvalue weighted by atomic mass is 16.5. The van der Waals surface area contributed by atoms with Crippen LogP contribution in [0.1, 0.15) is 21.5 Å². The van der Waals surface area contributed by atoms with E-state index < -0.39 is 11.2 Å².